The summed E-state index contributed by atoms with van der Waals surface area (Å²) in [5.74, 6) is -0.270. The van der Waals surface area contributed by atoms with Gasteiger partial charge >= 0.3 is 0 Å². The average Bonchev–Trinajstić information content (AvgIpc) is 2.88. The van der Waals surface area contributed by atoms with Crippen molar-refractivity contribution in [2.45, 2.75) is 52.0 Å². The van der Waals surface area contributed by atoms with Gasteiger partial charge in [-0.2, -0.15) is 0 Å². The molecule has 2 rings (SSSR count). The van der Waals surface area contributed by atoms with Crippen LogP contribution in [0.4, 0.5) is 0 Å². The van der Waals surface area contributed by atoms with Gasteiger partial charge in [-0.3, -0.25) is 15.0 Å². The molecule has 1 aromatic rings. The SMILES string of the molecule is CCCC(CCC)C(=O)N1NC(=O)CC1c1ccc(Cl)cc1Cl. The molecule has 1 N–H and O–H groups in total. The molecule has 4 nitrogen and oxygen atoms in total. The van der Waals surface area contributed by atoms with Gasteiger partial charge in [0.15, 0.2) is 0 Å². The number of hydrogen-bond donors (Lipinski definition) is 1. The lowest BCUT2D eigenvalue weighted by atomic mass is 9.95. The third-order valence-corrected chi connectivity index (χ3v) is 4.68. The largest absolute Gasteiger partial charge is 0.273 e. The van der Waals surface area contributed by atoms with Crippen LogP contribution in [0.5, 0.6) is 0 Å². The van der Waals surface area contributed by atoms with Gasteiger partial charge in [0.05, 0.1) is 12.5 Å². The van der Waals surface area contributed by atoms with Crippen LogP contribution in [0.2, 0.25) is 10.0 Å². The van der Waals surface area contributed by atoms with Crippen molar-refractivity contribution in [2.24, 2.45) is 5.92 Å². The van der Waals surface area contributed by atoms with Gasteiger partial charge in [0.1, 0.15) is 0 Å². The monoisotopic (exact) mass is 356 g/mol. The minimum absolute atomic E-state index is 0.0319. The maximum atomic E-state index is 12.9. The summed E-state index contributed by atoms with van der Waals surface area (Å²) in [6.45, 7) is 4.12. The van der Waals surface area contributed by atoms with Crippen LogP contribution >= 0.6 is 23.2 Å². The molecule has 126 valence electrons. The quantitative estimate of drug-likeness (QED) is 0.814. The fourth-order valence-corrected chi connectivity index (χ4v) is 3.57. The maximum absolute atomic E-state index is 12.9. The van der Waals surface area contributed by atoms with Crippen molar-refractivity contribution in [3.05, 3.63) is 33.8 Å². The highest BCUT2D eigenvalue weighted by Crippen LogP contribution is 2.35. The number of rotatable bonds is 6. The van der Waals surface area contributed by atoms with Gasteiger partial charge in [-0.25, -0.2) is 5.01 Å². The summed E-state index contributed by atoms with van der Waals surface area (Å²) in [6, 6.07) is 4.77. The zero-order valence-corrected chi connectivity index (χ0v) is 15.0. The molecule has 1 fully saturated rings. The Balaban J connectivity index is 2.28. The minimum Gasteiger partial charge on any atom is -0.273 e. The Kier molecular flexibility index (Phi) is 6.31. The predicted molar refractivity (Wildman–Crippen MR) is 92.1 cm³/mol. The molecule has 0 saturated carbocycles. The predicted octanol–water partition coefficient (Wildman–Crippen LogP) is 4.51. The second-order valence-corrected chi connectivity index (χ2v) is 6.75. The molecule has 0 spiro atoms. The summed E-state index contributed by atoms with van der Waals surface area (Å²) >= 11 is 12.2. The van der Waals surface area contributed by atoms with Gasteiger partial charge in [0.25, 0.3) is 0 Å². The third kappa shape index (κ3) is 4.18. The summed E-state index contributed by atoms with van der Waals surface area (Å²) in [7, 11) is 0. The fraction of sp³-hybridized carbons (Fsp3) is 0.529. The van der Waals surface area contributed by atoms with Gasteiger partial charge < -0.3 is 0 Å². The molecule has 1 atom stereocenters. The Bertz CT molecular complexity index is 586. The van der Waals surface area contributed by atoms with E-state index in [9.17, 15) is 9.59 Å². The van der Waals surface area contributed by atoms with E-state index in [0.29, 0.717) is 10.0 Å². The van der Waals surface area contributed by atoms with E-state index in [0.717, 1.165) is 31.2 Å². The average molecular weight is 357 g/mol. The first-order chi connectivity index (χ1) is 11.0. The number of nitrogens with zero attached hydrogens (tertiary/aromatic N) is 1. The summed E-state index contributed by atoms with van der Waals surface area (Å²) in [4.78, 5) is 24.8. The van der Waals surface area contributed by atoms with E-state index in [-0.39, 0.29) is 30.2 Å². The topological polar surface area (TPSA) is 49.4 Å². The Labute approximate surface area is 147 Å². The standard InChI is InChI=1S/C17H22Cl2N2O2/c1-3-5-11(6-4-2)17(23)21-15(10-16(22)20-21)13-8-7-12(18)9-14(13)19/h7-9,11,15H,3-6,10H2,1-2H3,(H,20,22). The van der Waals surface area contributed by atoms with Crippen LogP contribution in [0, 0.1) is 5.92 Å². The van der Waals surface area contributed by atoms with Crippen LogP contribution in [0.15, 0.2) is 18.2 Å². The molecular formula is C17H22Cl2N2O2. The summed E-state index contributed by atoms with van der Waals surface area (Å²) in [6.07, 6.45) is 3.73. The van der Waals surface area contributed by atoms with Crippen molar-refractivity contribution >= 4 is 35.0 Å². The van der Waals surface area contributed by atoms with E-state index >= 15 is 0 Å². The van der Waals surface area contributed by atoms with E-state index < -0.39 is 0 Å². The lowest BCUT2D eigenvalue weighted by Gasteiger charge is -2.28. The highest BCUT2D eigenvalue weighted by molar-refractivity contribution is 6.35. The van der Waals surface area contributed by atoms with Crippen molar-refractivity contribution in [1.82, 2.24) is 10.4 Å². The molecule has 0 bridgehead atoms. The summed E-state index contributed by atoms with van der Waals surface area (Å²) < 4.78 is 0. The van der Waals surface area contributed by atoms with Gasteiger partial charge in [-0.1, -0.05) is 56.0 Å². The molecule has 1 aliphatic heterocycles. The van der Waals surface area contributed by atoms with Crippen LogP contribution < -0.4 is 5.43 Å². The Morgan fingerprint density at radius 1 is 1.30 bits per heavy atom. The van der Waals surface area contributed by atoms with E-state index in [1.807, 2.05) is 0 Å². The van der Waals surface area contributed by atoms with Crippen LogP contribution in [0.25, 0.3) is 0 Å². The zero-order valence-electron chi connectivity index (χ0n) is 13.4. The number of benzene rings is 1. The number of halogens is 2. The van der Waals surface area contributed by atoms with Gasteiger partial charge in [0.2, 0.25) is 11.8 Å². The van der Waals surface area contributed by atoms with Crippen LogP contribution in [-0.4, -0.2) is 16.8 Å². The molecule has 0 aliphatic carbocycles. The second kappa shape index (κ2) is 8.02. The minimum atomic E-state index is -0.379. The van der Waals surface area contributed by atoms with Crippen LogP contribution in [0.1, 0.15) is 57.6 Å². The lowest BCUT2D eigenvalue weighted by Crippen LogP contribution is -2.43. The highest BCUT2D eigenvalue weighted by atomic mass is 35.5. The van der Waals surface area contributed by atoms with E-state index in [1.54, 1.807) is 18.2 Å². The summed E-state index contributed by atoms with van der Waals surface area (Å²) in [5, 5.41) is 2.47. The second-order valence-electron chi connectivity index (χ2n) is 5.90. The molecule has 1 unspecified atom stereocenters. The number of carbonyl (C=O) groups excluding carboxylic acids is 2. The number of amides is 2. The third-order valence-electron chi connectivity index (χ3n) is 4.12. The Hall–Kier alpha value is -1.26. The molecular weight excluding hydrogens is 335 g/mol. The normalized spacial score (nSPS) is 17.7. The molecule has 1 heterocycles. The fourth-order valence-electron chi connectivity index (χ4n) is 3.04. The molecule has 23 heavy (non-hydrogen) atoms. The van der Waals surface area contributed by atoms with Gasteiger partial charge in [-0.05, 0) is 30.5 Å². The molecule has 2 amide bonds. The van der Waals surface area contributed by atoms with Crippen molar-refractivity contribution in [3.63, 3.8) is 0 Å². The number of carbonyl (C=O) groups is 2. The van der Waals surface area contributed by atoms with Crippen molar-refractivity contribution in [2.75, 3.05) is 0 Å². The molecule has 1 aromatic carbocycles. The smallest absolute Gasteiger partial charge is 0.244 e. The van der Waals surface area contributed by atoms with Crippen molar-refractivity contribution in [1.29, 1.82) is 0 Å². The van der Waals surface area contributed by atoms with Gasteiger partial charge in [0, 0.05) is 16.0 Å². The number of hydrazine groups is 1. The lowest BCUT2D eigenvalue weighted by molar-refractivity contribution is -0.142. The first-order valence-corrected chi connectivity index (χ1v) is 8.81. The van der Waals surface area contributed by atoms with E-state index in [4.69, 9.17) is 23.2 Å². The molecule has 0 radical (unpaired) electrons. The number of nitrogens with one attached hydrogen (secondary N) is 1. The zero-order chi connectivity index (χ0) is 17.0. The number of hydrogen-bond acceptors (Lipinski definition) is 2. The van der Waals surface area contributed by atoms with Crippen molar-refractivity contribution in [3.8, 4) is 0 Å². The van der Waals surface area contributed by atoms with Crippen molar-refractivity contribution < 1.29 is 9.59 Å². The molecule has 1 aliphatic rings. The summed E-state index contributed by atoms with van der Waals surface area (Å²) in [5.41, 5.74) is 3.44. The molecule has 6 heteroatoms. The van der Waals surface area contributed by atoms with E-state index in [2.05, 4.69) is 19.3 Å². The van der Waals surface area contributed by atoms with E-state index in [1.165, 1.54) is 5.01 Å². The van der Waals surface area contributed by atoms with Crippen LogP contribution in [0.3, 0.4) is 0 Å². The first-order valence-electron chi connectivity index (χ1n) is 8.05. The Morgan fingerprint density at radius 3 is 2.52 bits per heavy atom. The molecule has 0 aromatic heterocycles. The highest BCUT2D eigenvalue weighted by Gasteiger charge is 2.38. The first kappa shape index (κ1) is 18.1. The maximum Gasteiger partial charge on any atom is 0.244 e. The Morgan fingerprint density at radius 2 is 1.96 bits per heavy atom. The van der Waals surface area contributed by atoms with Crippen LogP contribution in [-0.2, 0) is 9.59 Å². The molecule has 1 saturated heterocycles. The van der Waals surface area contributed by atoms with Gasteiger partial charge in [-0.15, -0.1) is 0 Å².